The van der Waals surface area contributed by atoms with E-state index in [1.807, 2.05) is 19.1 Å². The average Bonchev–Trinajstić information content (AvgIpc) is 2.71. The summed E-state index contributed by atoms with van der Waals surface area (Å²) in [6.45, 7) is 2.56. The molecule has 28 heavy (non-hydrogen) atoms. The zero-order valence-electron chi connectivity index (χ0n) is 15.9. The molecular weight excluding hydrogens is 424 g/mol. The molecule has 6 nitrogen and oxygen atoms in total. The van der Waals surface area contributed by atoms with Crippen LogP contribution in [0.2, 0.25) is 0 Å². The summed E-state index contributed by atoms with van der Waals surface area (Å²) in [5.41, 5.74) is 1.39. The molecule has 0 saturated carbocycles. The fourth-order valence-corrected chi connectivity index (χ4v) is 2.87. The Morgan fingerprint density at radius 3 is 2.61 bits per heavy atom. The standard InChI is InChI=1S/C21H21BrN2O4/c1-4-28-19-8-6-17(22)10-15(19)9-16(12-23)21(25)24-13-14-5-7-18(26-2)11-20(14)27-3/h5-11H,4,13H2,1-3H3,(H,24,25)/b16-9+. The Morgan fingerprint density at radius 2 is 1.96 bits per heavy atom. The smallest absolute Gasteiger partial charge is 0.262 e. The number of carbonyl (C=O) groups is 1. The third-order valence-electron chi connectivity index (χ3n) is 3.87. The molecule has 1 amide bonds. The van der Waals surface area contributed by atoms with Gasteiger partial charge in [-0.3, -0.25) is 4.79 Å². The van der Waals surface area contributed by atoms with E-state index in [-0.39, 0.29) is 12.1 Å². The number of nitriles is 1. The summed E-state index contributed by atoms with van der Waals surface area (Å²) in [7, 11) is 3.11. The van der Waals surface area contributed by atoms with Crippen LogP contribution in [0.1, 0.15) is 18.1 Å². The SMILES string of the molecule is CCOc1ccc(Br)cc1/C=C(\C#N)C(=O)NCc1ccc(OC)cc1OC. The number of methoxy groups -OCH3 is 2. The van der Waals surface area contributed by atoms with Gasteiger partial charge in [0.1, 0.15) is 28.9 Å². The maximum Gasteiger partial charge on any atom is 0.262 e. The first-order valence-corrected chi connectivity index (χ1v) is 9.34. The van der Waals surface area contributed by atoms with Crippen LogP contribution in [0.15, 0.2) is 46.4 Å². The molecule has 2 aromatic carbocycles. The highest BCUT2D eigenvalue weighted by Crippen LogP contribution is 2.26. The normalized spacial score (nSPS) is 10.8. The molecule has 7 heteroatoms. The van der Waals surface area contributed by atoms with Crippen LogP contribution < -0.4 is 19.5 Å². The van der Waals surface area contributed by atoms with Gasteiger partial charge in [0.2, 0.25) is 0 Å². The molecule has 1 N–H and O–H groups in total. The fourth-order valence-electron chi connectivity index (χ4n) is 2.49. The van der Waals surface area contributed by atoms with Gasteiger partial charge in [0.15, 0.2) is 0 Å². The van der Waals surface area contributed by atoms with Crippen LogP contribution in [0.3, 0.4) is 0 Å². The Morgan fingerprint density at radius 1 is 1.18 bits per heavy atom. The van der Waals surface area contributed by atoms with Crippen LogP contribution >= 0.6 is 15.9 Å². The highest BCUT2D eigenvalue weighted by molar-refractivity contribution is 9.10. The molecule has 0 heterocycles. The number of hydrogen-bond acceptors (Lipinski definition) is 5. The Bertz CT molecular complexity index is 919. The lowest BCUT2D eigenvalue weighted by Gasteiger charge is -2.11. The number of carbonyl (C=O) groups excluding carboxylic acids is 1. The average molecular weight is 445 g/mol. The van der Waals surface area contributed by atoms with Crippen molar-refractivity contribution in [1.29, 1.82) is 5.26 Å². The van der Waals surface area contributed by atoms with Gasteiger partial charge in [-0.05, 0) is 43.3 Å². The van der Waals surface area contributed by atoms with Crippen molar-refractivity contribution in [2.75, 3.05) is 20.8 Å². The number of amides is 1. The molecule has 0 radical (unpaired) electrons. The Labute approximate surface area is 172 Å². The van der Waals surface area contributed by atoms with E-state index in [1.165, 1.54) is 6.08 Å². The molecule has 0 aliphatic rings. The van der Waals surface area contributed by atoms with Crippen LogP contribution in [0.4, 0.5) is 0 Å². The summed E-state index contributed by atoms with van der Waals surface area (Å²) in [5, 5.41) is 12.2. The summed E-state index contributed by atoms with van der Waals surface area (Å²) in [6.07, 6.45) is 1.51. The summed E-state index contributed by atoms with van der Waals surface area (Å²) in [6, 6.07) is 12.7. The molecule has 2 aromatic rings. The molecule has 0 atom stereocenters. The molecule has 0 saturated heterocycles. The molecule has 0 fully saturated rings. The zero-order valence-corrected chi connectivity index (χ0v) is 17.5. The van der Waals surface area contributed by atoms with Crippen molar-refractivity contribution in [2.24, 2.45) is 0 Å². The van der Waals surface area contributed by atoms with Gasteiger partial charge in [0.25, 0.3) is 5.91 Å². The summed E-state index contributed by atoms with van der Waals surface area (Å²) >= 11 is 3.39. The lowest BCUT2D eigenvalue weighted by molar-refractivity contribution is -0.117. The van der Waals surface area contributed by atoms with Crippen molar-refractivity contribution in [2.45, 2.75) is 13.5 Å². The van der Waals surface area contributed by atoms with Gasteiger partial charge in [-0.25, -0.2) is 0 Å². The Balaban J connectivity index is 2.20. The highest BCUT2D eigenvalue weighted by atomic mass is 79.9. The number of nitrogens with one attached hydrogen (secondary N) is 1. The third-order valence-corrected chi connectivity index (χ3v) is 4.36. The minimum Gasteiger partial charge on any atom is -0.497 e. The molecule has 0 aliphatic heterocycles. The second-order valence-corrected chi connectivity index (χ2v) is 6.56. The zero-order chi connectivity index (χ0) is 20.5. The van der Waals surface area contributed by atoms with E-state index in [2.05, 4.69) is 21.2 Å². The first kappa shape index (κ1) is 21.3. The van der Waals surface area contributed by atoms with Gasteiger partial charge in [0, 0.05) is 28.2 Å². The largest absolute Gasteiger partial charge is 0.497 e. The molecule has 0 bridgehead atoms. The molecule has 0 aliphatic carbocycles. The van der Waals surface area contributed by atoms with Crippen molar-refractivity contribution in [3.63, 3.8) is 0 Å². The minimum absolute atomic E-state index is 0.0217. The van der Waals surface area contributed by atoms with Gasteiger partial charge in [0.05, 0.1) is 20.8 Å². The molecule has 0 aromatic heterocycles. The van der Waals surface area contributed by atoms with Crippen molar-refractivity contribution in [3.8, 4) is 23.3 Å². The van der Waals surface area contributed by atoms with E-state index in [4.69, 9.17) is 14.2 Å². The van der Waals surface area contributed by atoms with Crippen molar-refractivity contribution < 1.29 is 19.0 Å². The van der Waals surface area contributed by atoms with Crippen LogP contribution in [0.5, 0.6) is 17.2 Å². The van der Waals surface area contributed by atoms with Crippen molar-refractivity contribution >= 4 is 27.9 Å². The number of hydrogen-bond donors (Lipinski definition) is 1. The van der Waals surface area contributed by atoms with E-state index < -0.39 is 5.91 Å². The number of halogens is 1. The molecular formula is C21H21BrN2O4. The van der Waals surface area contributed by atoms with Gasteiger partial charge in [-0.1, -0.05) is 15.9 Å². The number of benzene rings is 2. The molecule has 0 spiro atoms. The van der Waals surface area contributed by atoms with Crippen LogP contribution in [-0.2, 0) is 11.3 Å². The van der Waals surface area contributed by atoms with Crippen molar-refractivity contribution in [3.05, 3.63) is 57.6 Å². The quantitative estimate of drug-likeness (QED) is 0.489. The molecule has 0 unspecified atom stereocenters. The van der Waals surface area contributed by atoms with Crippen molar-refractivity contribution in [1.82, 2.24) is 5.32 Å². The highest BCUT2D eigenvalue weighted by Gasteiger charge is 2.13. The first-order valence-electron chi connectivity index (χ1n) is 8.55. The number of rotatable bonds is 8. The van der Waals surface area contributed by atoms with E-state index in [0.29, 0.717) is 29.4 Å². The van der Waals surface area contributed by atoms with E-state index in [0.717, 1.165) is 10.0 Å². The number of ether oxygens (including phenoxy) is 3. The van der Waals surface area contributed by atoms with Gasteiger partial charge < -0.3 is 19.5 Å². The third kappa shape index (κ3) is 5.51. The lowest BCUT2D eigenvalue weighted by Crippen LogP contribution is -2.24. The Hall–Kier alpha value is -2.98. The number of nitrogens with zero attached hydrogens (tertiary/aromatic N) is 1. The van der Waals surface area contributed by atoms with Gasteiger partial charge in [-0.15, -0.1) is 0 Å². The summed E-state index contributed by atoms with van der Waals surface area (Å²) in [4.78, 5) is 12.5. The monoisotopic (exact) mass is 444 g/mol. The molecule has 146 valence electrons. The second kappa shape index (κ2) is 10.4. The lowest BCUT2D eigenvalue weighted by atomic mass is 10.1. The van der Waals surface area contributed by atoms with E-state index >= 15 is 0 Å². The maximum atomic E-state index is 12.5. The van der Waals surface area contributed by atoms with Crippen LogP contribution in [-0.4, -0.2) is 26.7 Å². The van der Waals surface area contributed by atoms with Crippen LogP contribution in [0, 0.1) is 11.3 Å². The Kier molecular flexibility index (Phi) is 7.90. The predicted octanol–water partition coefficient (Wildman–Crippen LogP) is 4.09. The maximum absolute atomic E-state index is 12.5. The van der Waals surface area contributed by atoms with E-state index in [9.17, 15) is 10.1 Å². The minimum atomic E-state index is -0.484. The second-order valence-electron chi connectivity index (χ2n) is 5.65. The van der Waals surface area contributed by atoms with Gasteiger partial charge >= 0.3 is 0 Å². The van der Waals surface area contributed by atoms with Gasteiger partial charge in [-0.2, -0.15) is 5.26 Å². The summed E-state index contributed by atoms with van der Waals surface area (Å²) in [5.74, 6) is 1.36. The summed E-state index contributed by atoms with van der Waals surface area (Å²) < 4.78 is 16.9. The van der Waals surface area contributed by atoms with Crippen LogP contribution in [0.25, 0.3) is 6.08 Å². The first-order chi connectivity index (χ1) is 13.5. The van der Waals surface area contributed by atoms with E-state index in [1.54, 1.807) is 44.6 Å². The topological polar surface area (TPSA) is 80.6 Å². The molecule has 2 rings (SSSR count). The fraction of sp³-hybridized carbons (Fsp3) is 0.238. The predicted molar refractivity (Wildman–Crippen MR) is 110 cm³/mol.